The van der Waals surface area contributed by atoms with Crippen molar-refractivity contribution in [1.82, 2.24) is 34.8 Å². The second-order valence-corrected chi connectivity index (χ2v) is 7.27. The van der Waals surface area contributed by atoms with Crippen LogP contribution >= 0.6 is 11.8 Å². The van der Waals surface area contributed by atoms with Crippen molar-refractivity contribution >= 4 is 34.7 Å². The van der Waals surface area contributed by atoms with E-state index in [1.165, 1.54) is 6.33 Å². The predicted molar refractivity (Wildman–Crippen MR) is 97.3 cm³/mol. The number of hydrogen-bond donors (Lipinski definition) is 2. The topological polar surface area (TPSA) is 107 Å². The molecular weight excluding hydrogens is 352 g/mol. The van der Waals surface area contributed by atoms with Gasteiger partial charge in [-0.05, 0) is 0 Å². The smallest absolute Gasteiger partial charge is 0.262 e. The normalized spacial score (nSPS) is 17.3. The van der Waals surface area contributed by atoms with Crippen molar-refractivity contribution in [2.75, 3.05) is 23.7 Å². The Labute approximate surface area is 152 Å². The van der Waals surface area contributed by atoms with Gasteiger partial charge in [-0.25, -0.2) is 19.9 Å². The Balaban J connectivity index is 1.42. The molecule has 1 amide bonds. The number of H-pyrrole nitrogens is 2. The van der Waals surface area contributed by atoms with E-state index in [4.69, 9.17) is 0 Å². The van der Waals surface area contributed by atoms with Crippen molar-refractivity contribution in [3.63, 3.8) is 0 Å². The molecule has 132 valence electrons. The highest BCUT2D eigenvalue weighted by Crippen LogP contribution is 2.30. The summed E-state index contributed by atoms with van der Waals surface area (Å²) in [6, 6.07) is 0. The summed E-state index contributed by atoms with van der Waals surface area (Å²) >= 11 is 1.58. The molecule has 9 nitrogen and oxygen atoms in total. The molecule has 2 aliphatic heterocycles. The summed E-state index contributed by atoms with van der Waals surface area (Å²) in [6.45, 7) is 2.03. The molecule has 2 N–H and O–H groups in total. The molecule has 10 heteroatoms. The molecule has 5 rings (SSSR count). The number of anilines is 1. The minimum atomic E-state index is 0.0484. The van der Waals surface area contributed by atoms with Crippen molar-refractivity contribution in [1.29, 1.82) is 0 Å². The third kappa shape index (κ3) is 2.53. The zero-order valence-electron chi connectivity index (χ0n) is 13.8. The van der Waals surface area contributed by atoms with Crippen molar-refractivity contribution in [3.8, 4) is 0 Å². The molecular formula is C16H16N8OS. The molecule has 26 heavy (non-hydrogen) atoms. The van der Waals surface area contributed by atoms with Crippen LogP contribution in [0, 0.1) is 0 Å². The average Bonchev–Trinajstić information content (AvgIpc) is 3.35. The molecule has 0 aromatic carbocycles. The summed E-state index contributed by atoms with van der Waals surface area (Å²) in [7, 11) is 0. The Kier molecular flexibility index (Phi) is 3.63. The highest BCUT2D eigenvalue weighted by atomic mass is 32.2. The summed E-state index contributed by atoms with van der Waals surface area (Å²) in [4.78, 5) is 40.8. The summed E-state index contributed by atoms with van der Waals surface area (Å²) in [6.07, 6.45) is 7.48. The molecule has 0 spiro atoms. The van der Waals surface area contributed by atoms with Gasteiger partial charge in [0.1, 0.15) is 6.33 Å². The lowest BCUT2D eigenvalue weighted by molar-refractivity contribution is -0.127. The highest BCUT2D eigenvalue weighted by molar-refractivity contribution is 8.04. The first-order chi connectivity index (χ1) is 12.8. The molecule has 0 aliphatic carbocycles. The van der Waals surface area contributed by atoms with E-state index >= 15 is 0 Å². The van der Waals surface area contributed by atoms with Crippen LogP contribution in [-0.4, -0.2) is 59.6 Å². The van der Waals surface area contributed by atoms with Gasteiger partial charge in [0.05, 0.1) is 35.5 Å². The predicted octanol–water partition coefficient (Wildman–Crippen LogP) is 1.06. The summed E-state index contributed by atoms with van der Waals surface area (Å²) in [5, 5.41) is 0. The van der Waals surface area contributed by atoms with Gasteiger partial charge in [0.15, 0.2) is 17.0 Å². The lowest BCUT2D eigenvalue weighted by Crippen LogP contribution is -2.38. The van der Waals surface area contributed by atoms with E-state index in [2.05, 4.69) is 29.9 Å². The summed E-state index contributed by atoms with van der Waals surface area (Å²) in [5.74, 6) is 1.58. The number of aromatic nitrogens is 6. The molecule has 5 heterocycles. The maximum atomic E-state index is 13.0. The van der Waals surface area contributed by atoms with Crippen LogP contribution in [0.1, 0.15) is 11.4 Å². The van der Waals surface area contributed by atoms with Gasteiger partial charge in [-0.2, -0.15) is 0 Å². The number of carbonyl (C=O) groups is 1. The first kappa shape index (κ1) is 15.4. The summed E-state index contributed by atoms with van der Waals surface area (Å²) in [5.41, 5.74) is 3.49. The second kappa shape index (κ2) is 6.13. The second-order valence-electron chi connectivity index (χ2n) is 6.14. The Morgan fingerprint density at radius 2 is 2.04 bits per heavy atom. The van der Waals surface area contributed by atoms with E-state index in [-0.39, 0.29) is 5.91 Å². The Morgan fingerprint density at radius 1 is 1.12 bits per heavy atom. The van der Waals surface area contributed by atoms with Crippen LogP contribution in [0.15, 0.2) is 30.1 Å². The lowest BCUT2D eigenvalue weighted by Gasteiger charge is -2.30. The number of rotatable bonds is 2. The van der Waals surface area contributed by atoms with Crippen LogP contribution < -0.4 is 4.90 Å². The molecule has 0 bridgehead atoms. The zero-order chi connectivity index (χ0) is 17.5. The average molecular weight is 368 g/mol. The Bertz CT molecular complexity index is 1010. The molecule has 0 saturated carbocycles. The van der Waals surface area contributed by atoms with E-state index in [9.17, 15) is 4.79 Å². The molecule has 0 radical (unpaired) electrons. The maximum Gasteiger partial charge on any atom is 0.262 e. The Morgan fingerprint density at radius 3 is 3.00 bits per heavy atom. The SMILES string of the molecule is O=C(C1=CN(c2ncnc3[nH]cnc23)CCS1)N1CCc2nc[nH]c2C1. The third-order valence-electron chi connectivity index (χ3n) is 4.61. The number of hydrogen-bond acceptors (Lipinski definition) is 7. The van der Waals surface area contributed by atoms with Crippen molar-refractivity contribution < 1.29 is 4.79 Å². The van der Waals surface area contributed by atoms with E-state index < -0.39 is 0 Å². The van der Waals surface area contributed by atoms with E-state index in [0.29, 0.717) is 24.3 Å². The van der Waals surface area contributed by atoms with Gasteiger partial charge in [0.2, 0.25) is 0 Å². The zero-order valence-corrected chi connectivity index (χ0v) is 14.7. The number of nitrogens with zero attached hydrogens (tertiary/aromatic N) is 6. The van der Waals surface area contributed by atoms with Gasteiger partial charge in [-0.15, -0.1) is 11.8 Å². The fourth-order valence-electron chi connectivity index (χ4n) is 3.29. The monoisotopic (exact) mass is 368 g/mol. The minimum absolute atomic E-state index is 0.0484. The van der Waals surface area contributed by atoms with E-state index in [1.54, 1.807) is 24.4 Å². The van der Waals surface area contributed by atoms with Gasteiger partial charge in [0.25, 0.3) is 5.91 Å². The third-order valence-corrected chi connectivity index (χ3v) is 5.58. The largest absolute Gasteiger partial charge is 0.347 e. The first-order valence-electron chi connectivity index (χ1n) is 8.35. The quantitative estimate of drug-likeness (QED) is 0.696. The van der Waals surface area contributed by atoms with Crippen molar-refractivity contribution in [2.24, 2.45) is 0 Å². The van der Waals surface area contributed by atoms with Crippen LogP contribution in [0.5, 0.6) is 0 Å². The van der Waals surface area contributed by atoms with Crippen LogP contribution in [0.2, 0.25) is 0 Å². The van der Waals surface area contributed by atoms with Crippen LogP contribution in [0.3, 0.4) is 0 Å². The molecule has 0 saturated heterocycles. The highest BCUT2D eigenvalue weighted by Gasteiger charge is 2.27. The molecule has 0 fully saturated rings. The van der Waals surface area contributed by atoms with Crippen LogP contribution in [0.25, 0.3) is 11.2 Å². The molecule has 0 atom stereocenters. The minimum Gasteiger partial charge on any atom is -0.347 e. The number of fused-ring (bicyclic) bond motifs is 2. The number of thioether (sulfide) groups is 1. The number of amides is 1. The fraction of sp³-hybridized carbons (Fsp3) is 0.312. The number of aromatic amines is 2. The number of carbonyl (C=O) groups excluding carboxylic acids is 1. The first-order valence-corrected chi connectivity index (χ1v) is 9.34. The fourth-order valence-corrected chi connectivity index (χ4v) is 4.25. The molecule has 2 aliphatic rings. The summed E-state index contributed by atoms with van der Waals surface area (Å²) < 4.78 is 0. The molecule has 0 unspecified atom stereocenters. The molecule has 3 aromatic heterocycles. The van der Waals surface area contributed by atoms with Gasteiger partial charge >= 0.3 is 0 Å². The Hall–Kier alpha value is -2.88. The van der Waals surface area contributed by atoms with Crippen LogP contribution in [-0.2, 0) is 17.8 Å². The molecule has 3 aromatic rings. The van der Waals surface area contributed by atoms with Gasteiger partial charge in [0, 0.05) is 31.5 Å². The van der Waals surface area contributed by atoms with Crippen LogP contribution in [0.4, 0.5) is 5.82 Å². The van der Waals surface area contributed by atoms with E-state index in [1.807, 2.05) is 16.0 Å². The van der Waals surface area contributed by atoms with Crippen molar-refractivity contribution in [2.45, 2.75) is 13.0 Å². The van der Waals surface area contributed by atoms with E-state index in [0.717, 1.165) is 40.8 Å². The van der Waals surface area contributed by atoms with Gasteiger partial charge in [-0.3, -0.25) is 4.79 Å². The van der Waals surface area contributed by atoms with Crippen molar-refractivity contribution in [3.05, 3.63) is 41.5 Å². The lowest BCUT2D eigenvalue weighted by atomic mass is 10.1. The standard InChI is InChI=1S/C16H16N8OS/c25-16(24-2-1-10-11(5-24)18-7-17-10)12-6-23(3-4-26-12)15-13-14(20-8-19-13)21-9-22-15/h6-9H,1-5H2,(H,17,18)(H,19,20,21,22). The maximum absolute atomic E-state index is 13.0. The number of nitrogens with one attached hydrogen (secondary N) is 2. The van der Waals surface area contributed by atoms with Gasteiger partial charge in [-0.1, -0.05) is 0 Å². The number of imidazole rings is 2. The van der Waals surface area contributed by atoms with Gasteiger partial charge < -0.3 is 19.8 Å².